The van der Waals surface area contributed by atoms with Crippen LogP contribution in [0.5, 0.6) is 5.75 Å². The van der Waals surface area contributed by atoms with Gasteiger partial charge in [-0.1, -0.05) is 48.9 Å². The van der Waals surface area contributed by atoms with E-state index in [4.69, 9.17) is 16.3 Å². The molecule has 5 heteroatoms. The van der Waals surface area contributed by atoms with Crippen molar-refractivity contribution in [3.8, 4) is 5.75 Å². The Labute approximate surface area is 172 Å². The smallest absolute Gasteiger partial charge is 0.224 e. The summed E-state index contributed by atoms with van der Waals surface area (Å²) >= 11 is 6.30. The third kappa shape index (κ3) is 5.27. The highest BCUT2D eigenvalue weighted by molar-refractivity contribution is 6.31. The lowest BCUT2D eigenvalue weighted by molar-refractivity contribution is -0.127. The molecule has 0 aromatic heterocycles. The van der Waals surface area contributed by atoms with Gasteiger partial charge in [0.25, 0.3) is 0 Å². The van der Waals surface area contributed by atoms with Crippen molar-refractivity contribution >= 4 is 17.5 Å². The molecule has 1 heterocycles. The summed E-state index contributed by atoms with van der Waals surface area (Å²) in [7, 11) is 1.66. The third-order valence-electron chi connectivity index (χ3n) is 5.47. The van der Waals surface area contributed by atoms with Crippen LogP contribution >= 0.6 is 11.6 Å². The molecule has 2 aromatic rings. The lowest BCUT2D eigenvalue weighted by atomic mass is 9.95. The minimum atomic E-state index is 0.0172. The first-order chi connectivity index (χ1) is 13.6. The van der Waals surface area contributed by atoms with Crippen molar-refractivity contribution < 1.29 is 9.53 Å². The van der Waals surface area contributed by atoms with Crippen LogP contribution in [0.4, 0.5) is 0 Å². The number of piperidine rings is 1. The topological polar surface area (TPSA) is 41.6 Å². The lowest BCUT2D eigenvalue weighted by Crippen LogP contribution is -2.43. The van der Waals surface area contributed by atoms with Gasteiger partial charge in [-0.15, -0.1) is 0 Å². The number of carbonyl (C=O) groups is 1. The summed E-state index contributed by atoms with van der Waals surface area (Å²) in [5.74, 6) is 0.988. The number of nitrogens with zero attached hydrogens (tertiary/aromatic N) is 1. The van der Waals surface area contributed by atoms with Crippen molar-refractivity contribution in [1.29, 1.82) is 0 Å². The van der Waals surface area contributed by atoms with E-state index in [-0.39, 0.29) is 17.9 Å². The molecule has 150 valence electrons. The standard InChI is InChI=1S/C23H29ClN2O2/c1-3-22(17-10-12-20(28-2)13-11-17)25-23(27)19-8-6-14-26(16-19)15-18-7-4-5-9-21(18)24/h4-5,7,9-13,19,22H,3,6,8,14-16H2,1-2H3,(H,25,27)/t19-,22-/m0/s1. The van der Waals surface area contributed by atoms with E-state index in [0.717, 1.165) is 60.8 Å². The van der Waals surface area contributed by atoms with Crippen LogP contribution in [0.1, 0.15) is 43.4 Å². The highest BCUT2D eigenvalue weighted by atomic mass is 35.5. The molecule has 1 aliphatic rings. The second-order valence-electron chi connectivity index (χ2n) is 7.41. The van der Waals surface area contributed by atoms with E-state index in [0.29, 0.717) is 0 Å². The third-order valence-corrected chi connectivity index (χ3v) is 5.84. The Morgan fingerprint density at radius 2 is 2.00 bits per heavy atom. The molecular weight excluding hydrogens is 372 g/mol. The van der Waals surface area contributed by atoms with Gasteiger partial charge in [0.05, 0.1) is 19.1 Å². The van der Waals surface area contributed by atoms with Crippen LogP contribution < -0.4 is 10.1 Å². The SMILES string of the molecule is CC[C@H](NC(=O)[C@H]1CCCN(Cc2ccccc2Cl)C1)c1ccc(OC)cc1. The van der Waals surface area contributed by atoms with Crippen LogP contribution in [0, 0.1) is 5.92 Å². The van der Waals surface area contributed by atoms with E-state index in [1.807, 2.05) is 42.5 Å². The predicted molar refractivity (Wildman–Crippen MR) is 114 cm³/mol. The quantitative estimate of drug-likeness (QED) is 0.723. The Morgan fingerprint density at radius 1 is 1.25 bits per heavy atom. The molecular formula is C23H29ClN2O2. The summed E-state index contributed by atoms with van der Waals surface area (Å²) in [6.07, 6.45) is 2.82. The van der Waals surface area contributed by atoms with Gasteiger partial charge in [-0.3, -0.25) is 9.69 Å². The number of benzene rings is 2. The number of hydrogen-bond acceptors (Lipinski definition) is 3. The van der Waals surface area contributed by atoms with E-state index in [9.17, 15) is 4.79 Å². The molecule has 0 spiro atoms. The molecule has 4 nitrogen and oxygen atoms in total. The van der Waals surface area contributed by atoms with Gasteiger partial charge < -0.3 is 10.1 Å². The Morgan fingerprint density at radius 3 is 2.68 bits per heavy atom. The van der Waals surface area contributed by atoms with Gasteiger partial charge in [0, 0.05) is 18.1 Å². The molecule has 0 radical (unpaired) electrons. The first-order valence-corrected chi connectivity index (χ1v) is 10.4. The maximum atomic E-state index is 12.9. The summed E-state index contributed by atoms with van der Waals surface area (Å²) in [5.41, 5.74) is 2.23. The van der Waals surface area contributed by atoms with Crippen LogP contribution in [0.3, 0.4) is 0 Å². The van der Waals surface area contributed by atoms with E-state index >= 15 is 0 Å². The molecule has 3 rings (SSSR count). The first kappa shape index (κ1) is 20.7. The van der Waals surface area contributed by atoms with Crippen molar-refractivity contribution in [3.05, 3.63) is 64.7 Å². The highest BCUT2D eigenvalue weighted by Gasteiger charge is 2.27. The highest BCUT2D eigenvalue weighted by Crippen LogP contribution is 2.24. The van der Waals surface area contributed by atoms with Crippen molar-refractivity contribution in [2.45, 2.75) is 38.8 Å². The van der Waals surface area contributed by atoms with Gasteiger partial charge in [0.15, 0.2) is 0 Å². The molecule has 1 aliphatic heterocycles. The van der Waals surface area contributed by atoms with Crippen molar-refractivity contribution in [3.63, 3.8) is 0 Å². The number of amides is 1. The number of rotatable bonds is 7. The van der Waals surface area contributed by atoms with Crippen molar-refractivity contribution in [2.75, 3.05) is 20.2 Å². The number of carbonyl (C=O) groups excluding carboxylic acids is 1. The zero-order chi connectivity index (χ0) is 19.9. The zero-order valence-electron chi connectivity index (χ0n) is 16.7. The molecule has 1 amide bonds. The maximum Gasteiger partial charge on any atom is 0.224 e. The Balaban J connectivity index is 1.60. The molecule has 2 atom stereocenters. The predicted octanol–water partition coefficient (Wildman–Crippen LogP) is 4.83. The van der Waals surface area contributed by atoms with Gasteiger partial charge in [-0.25, -0.2) is 0 Å². The number of ether oxygens (including phenoxy) is 1. The van der Waals surface area contributed by atoms with Gasteiger partial charge >= 0.3 is 0 Å². The van der Waals surface area contributed by atoms with Gasteiger partial charge in [0.2, 0.25) is 5.91 Å². The van der Waals surface area contributed by atoms with Crippen LogP contribution in [-0.2, 0) is 11.3 Å². The molecule has 1 fully saturated rings. The fraction of sp³-hybridized carbons (Fsp3) is 0.435. The number of hydrogen-bond donors (Lipinski definition) is 1. The second kappa shape index (κ2) is 9.94. The minimum Gasteiger partial charge on any atom is -0.497 e. The van der Waals surface area contributed by atoms with E-state index in [1.165, 1.54) is 0 Å². The molecule has 0 aliphatic carbocycles. The van der Waals surface area contributed by atoms with Crippen LogP contribution in [0.25, 0.3) is 0 Å². The molecule has 0 saturated carbocycles. The van der Waals surface area contributed by atoms with E-state index in [1.54, 1.807) is 7.11 Å². The summed E-state index contributed by atoms with van der Waals surface area (Å²) in [6.45, 7) is 4.67. The average molecular weight is 401 g/mol. The monoisotopic (exact) mass is 400 g/mol. The van der Waals surface area contributed by atoms with Crippen LogP contribution in [0.2, 0.25) is 5.02 Å². The first-order valence-electron chi connectivity index (χ1n) is 10.0. The fourth-order valence-corrected chi connectivity index (χ4v) is 4.02. The molecule has 1 N–H and O–H groups in total. The van der Waals surface area contributed by atoms with Crippen molar-refractivity contribution in [1.82, 2.24) is 10.2 Å². The minimum absolute atomic E-state index is 0.0172. The number of nitrogens with one attached hydrogen (secondary N) is 1. The molecule has 0 unspecified atom stereocenters. The molecule has 1 saturated heterocycles. The Hall–Kier alpha value is -2.04. The average Bonchev–Trinajstić information content (AvgIpc) is 2.74. The summed E-state index contributed by atoms with van der Waals surface area (Å²) in [6, 6.07) is 15.9. The van der Waals surface area contributed by atoms with Gasteiger partial charge in [-0.05, 0) is 55.1 Å². The van der Waals surface area contributed by atoms with Crippen LogP contribution in [0.15, 0.2) is 48.5 Å². The van der Waals surface area contributed by atoms with E-state index < -0.39 is 0 Å². The molecule has 0 bridgehead atoms. The molecule has 28 heavy (non-hydrogen) atoms. The summed E-state index contributed by atoms with van der Waals surface area (Å²) in [4.78, 5) is 15.3. The molecule has 2 aromatic carbocycles. The number of halogens is 1. The largest absolute Gasteiger partial charge is 0.497 e. The normalized spacial score (nSPS) is 18.5. The number of methoxy groups -OCH3 is 1. The Kier molecular flexibility index (Phi) is 7.35. The van der Waals surface area contributed by atoms with Gasteiger partial charge in [-0.2, -0.15) is 0 Å². The Bertz CT molecular complexity index is 778. The van der Waals surface area contributed by atoms with E-state index in [2.05, 4.69) is 23.2 Å². The maximum absolute atomic E-state index is 12.9. The van der Waals surface area contributed by atoms with Gasteiger partial charge in [0.1, 0.15) is 5.75 Å². The second-order valence-corrected chi connectivity index (χ2v) is 7.82. The number of likely N-dealkylation sites (tertiary alicyclic amines) is 1. The van der Waals surface area contributed by atoms with Crippen LogP contribution in [-0.4, -0.2) is 31.0 Å². The lowest BCUT2D eigenvalue weighted by Gasteiger charge is -2.33. The summed E-state index contributed by atoms with van der Waals surface area (Å²) in [5, 5.41) is 4.04. The zero-order valence-corrected chi connectivity index (χ0v) is 17.4. The summed E-state index contributed by atoms with van der Waals surface area (Å²) < 4.78 is 5.23. The van der Waals surface area contributed by atoms with Crippen molar-refractivity contribution in [2.24, 2.45) is 5.92 Å². The fourth-order valence-electron chi connectivity index (χ4n) is 3.83.